The summed E-state index contributed by atoms with van der Waals surface area (Å²) >= 11 is 4.73. The Morgan fingerprint density at radius 3 is 2.09 bits per heavy atom. The van der Waals surface area contributed by atoms with Crippen LogP contribution in [-0.2, 0) is 10.0 Å². The number of piperazine rings is 1. The number of hydrogen-bond acceptors (Lipinski definition) is 5. The van der Waals surface area contributed by atoms with Crippen molar-refractivity contribution in [2.75, 3.05) is 31.1 Å². The summed E-state index contributed by atoms with van der Waals surface area (Å²) in [6.07, 6.45) is 0. The molecule has 0 amide bonds. The molecule has 13 heteroatoms. The van der Waals surface area contributed by atoms with E-state index in [0.717, 1.165) is 15.7 Å². The van der Waals surface area contributed by atoms with Gasteiger partial charge in [-0.2, -0.15) is 4.31 Å². The summed E-state index contributed by atoms with van der Waals surface area (Å²) in [7, 11) is -4.95. The molecule has 3 aromatic rings. The van der Waals surface area contributed by atoms with Gasteiger partial charge in [0.15, 0.2) is 33.3 Å². The zero-order valence-electron chi connectivity index (χ0n) is 16.0. The van der Waals surface area contributed by atoms with E-state index < -0.39 is 44.0 Å². The summed E-state index contributed by atoms with van der Waals surface area (Å²) in [6, 6.07) is 7.52. The molecule has 1 aliphatic rings. The van der Waals surface area contributed by atoms with E-state index in [1.54, 1.807) is 4.90 Å². The number of anilines is 1. The van der Waals surface area contributed by atoms with Gasteiger partial charge in [0.05, 0.1) is 5.69 Å². The van der Waals surface area contributed by atoms with E-state index in [-0.39, 0.29) is 26.2 Å². The van der Waals surface area contributed by atoms with E-state index in [1.165, 1.54) is 11.3 Å². The van der Waals surface area contributed by atoms with Gasteiger partial charge in [-0.3, -0.25) is 0 Å². The van der Waals surface area contributed by atoms with Crippen molar-refractivity contribution in [3.8, 4) is 11.3 Å². The molecule has 170 valence electrons. The molecule has 1 saturated heterocycles. The van der Waals surface area contributed by atoms with Gasteiger partial charge in [0.25, 0.3) is 0 Å². The van der Waals surface area contributed by atoms with Crippen molar-refractivity contribution >= 4 is 42.4 Å². The van der Waals surface area contributed by atoms with E-state index >= 15 is 0 Å². The number of halogens is 6. The molecule has 0 atom stereocenters. The quantitative estimate of drug-likeness (QED) is 0.265. The Bertz CT molecular complexity index is 1270. The lowest BCUT2D eigenvalue weighted by Crippen LogP contribution is -2.49. The van der Waals surface area contributed by atoms with Crippen LogP contribution in [0.1, 0.15) is 0 Å². The highest BCUT2D eigenvalue weighted by molar-refractivity contribution is 9.10. The Labute approximate surface area is 192 Å². The Kier molecular flexibility index (Phi) is 6.27. The molecule has 0 spiro atoms. The molecule has 5 nitrogen and oxygen atoms in total. The maximum Gasteiger partial charge on any atom is 0.249 e. The number of sulfonamides is 1. The Hall–Kier alpha value is -2.09. The minimum Gasteiger partial charge on any atom is -0.345 e. The monoisotopic (exact) mass is 553 g/mol. The van der Waals surface area contributed by atoms with Gasteiger partial charge in [0.1, 0.15) is 0 Å². The highest BCUT2D eigenvalue weighted by Gasteiger charge is 2.38. The molecule has 0 saturated carbocycles. The molecule has 2 heterocycles. The van der Waals surface area contributed by atoms with Gasteiger partial charge in [-0.25, -0.2) is 35.4 Å². The summed E-state index contributed by atoms with van der Waals surface area (Å²) in [6.45, 7) is -0.179. The molecule has 32 heavy (non-hydrogen) atoms. The van der Waals surface area contributed by atoms with Crippen LogP contribution in [0.5, 0.6) is 0 Å². The van der Waals surface area contributed by atoms with Gasteiger partial charge in [-0.05, 0) is 12.1 Å². The maximum absolute atomic E-state index is 14.0. The van der Waals surface area contributed by atoms with Crippen LogP contribution in [0.2, 0.25) is 0 Å². The van der Waals surface area contributed by atoms with Crippen molar-refractivity contribution in [2.24, 2.45) is 0 Å². The molecule has 1 fully saturated rings. The lowest BCUT2D eigenvalue weighted by Gasteiger charge is -2.33. The Morgan fingerprint density at radius 2 is 1.50 bits per heavy atom. The fourth-order valence-electron chi connectivity index (χ4n) is 3.25. The molecule has 4 rings (SSSR count). The number of benzene rings is 2. The van der Waals surface area contributed by atoms with Crippen LogP contribution in [0, 0.1) is 29.1 Å². The average Bonchev–Trinajstić information content (AvgIpc) is 3.27. The lowest BCUT2D eigenvalue weighted by molar-refractivity contribution is 0.344. The third-order valence-corrected chi connectivity index (χ3v) is 8.20. The summed E-state index contributed by atoms with van der Waals surface area (Å²) in [5, 5.41) is 2.46. The average molecular weight is 554 g/mol. The zero-order chi connectivity index (χ0) is 23.2. The highest BCUT2D eigenvalue weighted by Crippen LogP contribution is 2.32. The predicted octanol–water partition coefficient (Wildman–Crippen LogP) is 4.78. The van der Waals surface area contributed by atoms with Gasteiger partial charge in [0, 0.05) is 41.6 Å². The smallest absolute Gasteiger partial charge is 0.249 e. The number of thiazole rings is 1. The second-order valence-corrected chi connectivity index (χ2v) is 10.4. The van der Waals surface area contributed by atoms with E-state index in [4.69, 9.17) is 0 Å². The third kappa shape index (κ3) is 4.02. The summed E-state index contributed by atoms with van der Waals surface area (Å²) in [4.78, 5) is 4.50. The van der Waals surface area contributed by atoms with Crippen LogP contribution < -0.4 is 4.90 Å². The van der Waals surface area contributed by atoms with Gasteiger partial charge < -0.3 is 4.90 Å². The topological polar surface area (TPSA) is 53.5 Å². The van der Waals surface area contributed by atoms with Crippen LogP contribution in [0.15, 0.2) is 39.0 Å². The zero-order valence-corrected chi connectivity index (χ0v) is 19.2. The molecular weight excluding hydrogens is 541 g/mol. The van der Waals surface area contributed by atoms with E-state index in [9.17, 15) is 30.4 Å². The first-order valence-electron chi connectivity index (χ1n) is 9.09. The summed E-state index contributed by atoms with van der Waals surface area (Å²) in [5.74, 6) is -11.8. The standard InChI is InChI=1S/C19H13BrF5N3O2S2/c20-11-3-1-2-10(8-11)12-9-31-19(26-12)27-4-6-28(7-5-27)32(29,30)18-16(24)14(22)13(21)15(23)17(18)25/h1-3,8-9H,4-7H2. The fraction of sp³-hybridized carbons (Fsp3) is 0.211. The molecule has 1 aliphatic heterocycles. The van der Waals surface area contributed by atoms with Gasteiger partial charge >= 0.3 is 0 Å². The minimum absolute atomic E-state index is 0.125. The summed E-state index contributed by atoms with van der Waals surface area (Å²) < 4.78 is 95.2. The molecule has 0 unspecified atom stereocenters. The molecular formula is C19H13BrF5N3O2S2. The fourth-order valence-corrected chi connectivity index (χ4v) is 6.07. The van der Waals surface area contributed by atoms with E-state index in [2.05, 4.69) is 20.9 Å². The van der Waals surface area contributed by atoms with Crippen molar-refractivity contribution in [3.05, 3.63) is 63.2 Å². The third-order valence-electron chi connectivity index (χ3n) is 4.89. The summed E-state index contributed by atoms with van der Waals surface area (Å²) in [5.41, 5.74) is 1.61. The van der Waals surface area contributed by atoms with Crippen molar-refractivity contribution in [2.45, 2.75) is 4.90 Å². The van der Waals surface area contributed by atoms with Gasteiger partial charge in [-0.1, -0.05) is 28.1 Å². The first-order chi connectivity index (χ1) is 15.1. The molecule has 0 aliphatic carbocycles. The Morgan fingerprint density at radius 1 is 0.906 bits per heavy atom. The van der Waals surface area contributed by atoms with E-state index in [1.807, 2.05) is 29.6 Å². The molecule has 0 bridgehead atoms. The first-order valence-corrected chi connectivity index (χ1v) is 12.2. The highest BCUT2D eigenvalue weighted by atomic mass is 79.9. The molecule has 1 aromatic heterocycles. The van der Waals surface area contributed by atoms with Gasteiger partial charge in [-0.15, -0.1) is 11.3 Å². The second kappa shape index (κ2) is 8.69. The Balaban J connectivity index is 1.53. The van der Waals surface area contributed by atoms with Crippen LogP contribution in [0.4, 0.5) is 27.1 Å². The number of aromatic nitrogens is 1. The molecule has 2 aromatic carbocycles. The SMILES string of the molecule is O=S(=O)(c1c(F)c(F)c(F)c(F)c1F)N1CCN(c2nc(-c3cccc(Br)c3)cs2)CC1. The van der Waals surface area contributed by atoms with Crippen LogP contribution in [0.25, 0.3) is 11.3 Å². The normalized spacial score (nSPS) is 15.4. The molecule has 0 N–H and O–H groups in total. The van der Waals surface area contributed by atoms with Crippen LogP contribution >= 0.6 is 27.3 Å². The predicted molar refractivity (Wildman–Crippen MR) is 112 cm³/mol. The van der Waals surface area contributed by atoms with E-state index in [0.29, 0.717) is 9.44 Å². The van der Waals surface area contributed by atoms with Crippen molar-refractivity contribution in [1.29, 1.82) is 0 Å². The van der Waals surface area contributed by atoms with Crippen molar-refractivity contribution in [3.63, 3.8) is 0 Å². The van der Waals surface area contributed by atoms with Crippen molar-refractivity contribution in [1.82, 2.24) is 9.29 Å². The number of hydrogen-bond donors (Lipinski definition) is 0. The van der Waals surface area contributed by atoms with Crippen LogP contribution in [-0.4, -0.2) is 43.9 Å². The van der Waals surface area contributed by atoms with Gasteiger partial charge in [0.2, 0.25) is 15.8 Å². The largest absolute Gasteiger partial charge is 0.345 e. The maximum atomic E-state index is 14.0. The molecule has 0 radical (unpaired) electrons. The number of rotatable bonds is 4. The minimum atomic E-state index is -4.95. The van der Waals surface area contributed by atoms with Crippen molar-refractivity contribution < 1.29 is 30.4 Å². The first kappa shape index (κ1) is 23.1. The number of nitrogens with zero attached hydrogens (tertiary/aromatic N) is 3. The second-order valence-electron chi connectivity index (χ2n) is 6.82. The van der Waals surface area contributed by atoms with Crippen LogP contribution in [0.3, 0.4) is 0 Å². The lowest BCUT2D eigenvalue weighted by atomic mass is 10.2.